The lowest BCUT2D eigenvalue weighted by atomic mass is 9.94. The van der Waals surface area contributed by atoms with Crippen LogP contribution in [0.5, 0.6) is 0 Å². The number of benzene rings is 1. The highest BCUT2D eigenvalue weighted by Gasteiger charge is 2.20. The Hall–Kier alpha value is -0.430. The van der Waals surface area contributed by atoms with Crippen molar-refractivity contribution in [2.75, 3.05) is 31.5 Å². The molecule has 1 heterocycles. The topological polar surface area (TPSA) is 58.4 Å². The Labute approximate surface area is 142 Å². The summed E-state index contributed by atoms with van der Waals surface area (Å²) in [7, 11) is 0. The van der Waals surface area contributed by atoms with Crippen molar-refractivity contribution in [2.45, 2.75) is 19.3 Å². The first-order valence-corrected chi connectivity index (χ1v) is 8.84. The summed E-state index contributed by atoms with van der Waals surface area (Å²) in [5.41, 5.74) is 6.41. The summed E-state index contributed by atoms with van der Waals surface area (Å²) in [4.78, 5) is 14.3. The van der Waals surface area contributed by atoms with Crippen LogP contribution in [0.4, 0.5) is 5.69 Å². The van der Waals surface area contributed by atoms with Gasteiger partial charge in [0.2, 0.25) is 5.91 Å². The molecule has 1 aliphatic heterocycles. The first kappa shape index (κ1) is 16.9. The molecule has 1 amide bonds. The molecule has 1 aromatic rings. The smallest absolute Gasteiger partial charge is 0.238 e. The van der Waals surface area contributed by atoms with Gasteiger partial charge in [0.1, 0.15) is 0 Å². The minimum atomic E-state index is 0.0373. The van der Waals surface area contributed by atoms with Gasteiger partial charge >= 0.3 is 0 Å². The van der Waals surface area contributed by atoms with Gasteiger partial charge in [0.15, 0.2) is 0 Å². The van der Waals surface area contributed by atoms with Crippen LogP contribution in [0.1, 0.15) is 19.3 Å². The van der Waals surface area contributed by atoms with Crippen molar-refractivity contribution in [3.05, 3.63) is 27.1 Å². The van der Waals surface area contributed by atoms with Crippen molar-refractivity contribution in [1.29, 1.82) is 0 Å². The molecular weight excluding hydrogens is 398 g/mol. The maximum Gasteiger partial charge on any atom is 0.238 e. The van der Waals surface area contributed by atoms with Crippen molar-refractivity contribution >= 4 is 43.5 Å². The number of piperidine rings is 1. The summed E-state index contributed by atoms with van der Waals surface area (Å²) in [5.74, 6) is 0.769. The molecule has 1 saturated heterocycles. The molecule has 0 aromatic heterocycles. The number of nitrogens with zero attached hydrogens (tertiary/aromatic N) is 1. The van der Waals surface area contributed by atoms with Gasteiger partial charge in [-0.15, -0.1) is 0 Å². The number of nitrogens with one attached hydrogen (secondary N) is 1. The minimum absolute atomic E-state index is 0.0373. The van der Waals surface area contributed by atoms with E-state index in [1.807, 2.05) is 18.2 Å². The van der Waals surface area contributed by atoms with Gasteiger partial charge in [0, 0.05) is 8.95 Å². The molecule has 1 aromatic carbocycles. The zero-order valence-corrected chi connectivity index (χ0v) is 15.1. The second-order valence-electron chi connectivity index (χ2n) is 5.47. The number of anilines is 1. The molecule has 0 bridgehead atoms. The highest BCUT2D eigenvalue weighted by molar-refractivity contribution is 9.11. The Balaban J connectivity index is 1.80. The number of hydrogen-bond acceptors (Lipinski definition) is 3. The van der Waals surface area contributed by atoms with Crippen molar-refractivity contribution in [3.8, 4) is 0 Å². The van der Waals surface area contributed by atoms with E-state index in [1.54, 1.807) is 0 Å². The molecular formula is C15H21Br2N3O. The normalized spacial score (nSPS) is 16.9. The van der Waals surface area contributed by atoms with E-state index in [0.29, 0.717) is 6.54 Å². The third-order valence-corrected chi connectivity index (χ3v) is 5.00. The number of hydrogen-bond donors (Lipinski definition) is 2. The van der Waals surface area contributed by atoms with Crippen LogP contribution < -0.4 is 11.1 Å². The predicted octanol–water partition coefficient (Wildman–Crippen LogP) is 3.21. The molecule has 116 valence electrons. The van der Waals surface area contributed by atoms with Crippen molar-refractivity contribution < 1.29 is 4.79 Å². The Morgan fingerprint density at radius 3 is 2.67 bits per heavy atom. The van der Waals surface area contributed by atoms with Crippen molar-refractivity contribution in [2.24, 2.45) is 11.7 Å². The lowest BCUT2D eigenvalue weighted by molar-refractivity contribution is -0.117. The van der Waals surface area contributed by atoms with E-state index >= 15 is 0 Å². The maximum absolute atomic E-state index is 12.1. The van der Waals surface area contributed by atoms with Crippen LogP contribution in [0.15, 0.2) is 27.1 Å². The quantitative estimate of drug-likeness (QED) is 0.771. The van der Waals surface area contributed by atoms with Crippen LogP contribution in [-0.4, -0.2) is 37.0 Å². The van der Waals surface area contributed by atoms with Gasteiger partial charge in [-0.25, -0.2) is 0 Å². The Kier molecular flexibility index (Phi) is 6.67. The molecule has 1 fully saturated rings. The zero-order chi connectivity index (χ0) is 15.2. The third kappa shape index (κ3) is 5.36. The molecule has 2 rings (SSSR count). The molecule has 0 atom stereocenters. The van der Waals surface area contributed by atoms with Gasteiger partial charge in [0.05, 0.1) is 12.2 Å². The largest absolute Gasteiger partial charge is 0.330 e. The number of amides is 1. The van der Waals surface area contributed by atoms with E-state index in [4.69, 9.17) is 5.73 Å². The summed E-state index contributed by atoms with van der Waals surface area (Å²) < 4.78 is 1.86. The van der Waals surface area contributed by atoms with E-state index in [2.05, 4.69) is 42.1 Å². The van der Waals surface area contributed by atoms with Gasteiger partial charge in [-0.3, -0.25) is 9.69 Å². The number of rotatable bonds is 5. The predicted molar refractivity (Wildman–Crippen MR) is 93.3 cm³/mol. The fraction of sp³-hybridized carbons (Fsp3) is 0.533. The van der Waals surface area contributed by atoms with E-state index in [9.17, 15) is 4.79 Å². The first-order chi connectivity index (χ1) is 10.1. The molecule has 4 nitrogen and oxygen atoms in total. The molecule has 0 saturated carbocycles. The van der Waals surface area contributed by atoms with Crippen LogP contribution in [-0.2, 0) is 4.79 Å². The third-order valence-electron chi connectivity index (χ3n) is 3.85. The zero-order valence-electron chi connectivity index (χ0n) is 11.9. The summed E-state index contributed by atoms with van der Waals surface area (Å²) in [6.45, 7) is 3.19. The molecule has 21 heavy (non-hydrogen) atoms. The highest BCUT2D eigenvalue weighted by Crippen LogP contribution is 2.26. The Morgan fingerprint density at radius 1 is 1.33 bits per heavy atom. The summed E-state index contributed by atoms with van der Waals surface area (Å²) in [6, 6.07) is 5.73. The van der Waals surface area contributed by atoms with Crippen LogP contribution in [0, 0.1) is 5.92 Å². The summed E-state index contributed by atoms with van der Waals surface area (Å²) in [6.07, 6.45) is 3.39. The van der Waals surface area contributed by atoms with Crippen molar-refractivity contribution in [3.63, 3.8) is 0 Å². The number of carbonyl (C=O) groups is 1. The van der Waals surface area contributed by atoms with Crippen LogP contribution in [0.2, 0.25) is 0 Å². The molecule has 3 N–H and O–H groups in total. The van der Waals surface area contributed by atoms with Gasteiger partial charge in [0.25, 0.3) is 0 Å². The van der Waals surface area contributed by atoms with E-state index in [0.717, 1.165) is 59.4 Å². The number of likely N-dealkylation sites (tertiary alicyclic amines) is 1. The lowest BCUT2D eigenvalue weighted by Gasteiger charge is -2.31. The first-order valence-electron chi connectivity index (χ1n) is 7.26. The fourth-order valence-corrected chi connectivity index (χ4v) is 3.80. The Morgan fingerprint density at radius 2 is 2.05 bits per heavy atom. The summed E-state index contributed by atoms with van der Waals surface area (Å²) >= 11 is 6.86. The van der Waals surface area contributed by atoms with Crippen LogP contribution in [0.25, 0.3) is 0 Å². The molecule has 0 aliphatic carbocycles. The van der Waals surface area contributed by atoms with E-state index < -0.39 is 0 Å². The second-order valence-corrected chi connectivity index (χ2v) is 7.24. The standard InChI is InChI=1S/C15H21Br2N3O/c16-12-1-2-14(13(17)9-12)19-15(21)10-20-7-4-11(3-6-18)5-8-20/h1-2,9,11H,3-8,10,18H2,(H,19,21). The minimum Gasteiger partial charge on any atom is -0.330 e. The Bertz CT molecular complexity index is 488. The summed E-state index contributed by atoms with van der Waals surface area (Å²) in [5, 5.41) is 2.95. The second kappa shape index (κ2) is 8.27. The maximum atomic E-state index is 12.1. The molecule has 0 unspecified atom stereocenters. The molecule has 6 heteroatoms. The van der Waals surface area contributed by atoms with Crippen LogP contribution in [0.3, 0.4) is 0 Å². The average molecular weight is 419 g/mol. The highest BCUT2D eigenvalue weighted by atomic mass is 79.9. The van der Waals surface area contributed by atoms with Gasteiger partial charge in [-0.05, 0) is 78.9 Å². The average Bonchev–Trinajstić information content (AvgIpc) is 2.44. The van der Waals surface area contributed by atoms with Gasteiger partial charge < -0.3 is 11.1 Å². The molecule has 1 aliphatic rings. The number of nitrogens with two attached hydrogens (primary N) is 1. The van der Waals surface area contributed by atoms with Gasteiger partial charge in [-0.2, -0.15) is 0 Å². The van der Waals surface area contributed by atoms with Crippen LogP contribution >= 0.6 is 31.9 Å². The van der Waals surface area contributed by atoms with E-state index in [-0.39, 0.29) is 5.91 Å². The number of halogens is 2. The van der Waals surface area contributed by atoms with Crippen molar-refractivity contribution in [1.82, 2.24) is 4.90 Å². The number of carbonyl (C=O) groups excluding carboxylic acids is 1. The molecule has 0 radical (unpaired) electrons. The fourth-order valence-electron chi connectivity index (χ4n) is 2.65. The van der Waals surface area contributed by atoms with E-state index in [1.165, 1.54) is 0 Å². The van der Waals surface area contributed by atoms with Gasteiger partial charge in [-0.1, -0.05) is 15.9 Å². The SMILES string of the molecule is NCCC1CCN(CC(=O)Nc2ccc(Br)cc2Br)CC1. The monoisotopic (exact) mass is 417 g/mol. The molecule has 0 spiro atoms. The lowest BCUT2D eigenvalue weighted by Crippen LogP contribution is -2.39.